The maximum atomic E-state index is 12.9. The molecule has 0 spiro atoms. The maximum absolute atomic E-state index is 12.9. The largest absolute Gasteiger partial charge is 0.469 e. The van der Waals surface area contributed by atoms with Crippen LogP contribution < -0.4 is 5.56 Å². The average molecular weight is 407 g/mol. The van der Waals surface area contributed by atoms with Gasteiger partial charge in [-0.25, -0.2) is 4.98 Å². The molecule has 2 aromatic carbocycles. The number of benzene rings is 2. The van der Waals surface area contributed by atoms with Crippen LogP contribution in [0.25, 0.3) is 10.9 Å². The summed E-state index contributed by atoms with van der Waals surface area (Å²) >= 11 is 0. The molecular formula is C23H25N3O4. The Morgan fingerprint density at radius 3 is 2.57 bits per heavy atom. The van der Waals surface area contributed by atoms with Gasteiger partial charge in [-0.2, -0.15) is 0 Å². The number of hydrogen-bond donors (Lipinski definition) is 0. The van der Waals surface area contributed by atoms with E-state index in [0.717, 1.165) is 11.1 Å². The number of ether oxygens (including phenoxy) is 1. The topological polar surface area (TPSA) is 81.5 Å². The van der Waals surface area contributed by atoms with Crippen LogP contribution in [0.3, 0.4) is 0 Å². The molecule has 1 amide bonds. The molecule has 1 heterocycles. The van der Waals surface area contributed by atoms with Crippen molar-refractivity contribution in [2.75, 3.05) is 13.7 Å². The molecule has 0 aliphatic heterocycles. The Hall–Kier alpha value is -3.48. The SMILES string of the molecule is COC(=O)CCN(Cc1ccccc1)C(=O)CCn1cnc2c(C)cccc2c1=O. The molecule has 1 aromatic heterocycles. The van der Waals surface area contributed by atoms with Gasteiger partial charge in [-0.15, -0.1) is 0 Å². The Bertz CT molecular complexity index is 1090. The molecule has 156 valence electrons. The fourth-order valence-corrected chi connectivity index (χ4v) is 3.30. The van der Waals surface area contributed by atoms with E-state index in [4.69, 9.17) is 4.74 Å². The van der Waals surface area contributed by atoms with E-state index in [1.165, 1.54) is 18.0 Å². The van der Waals surface area contributed by atoms with Crippen LogP contribution in [0.15, 0.2) is 59.7 Å². The molecule has 0 aliphatic carbocycles. The number of hydrogen-bond acceptors (Lipinski definition) is 5. The molecule has 7 heteroatoms. The van der Waals surface area contributed by atoms with E-state index >= 15 is 0 Å². The lowest BCUT2D eigenvalue weighted by Gasteiger charge is -2.23. The zero-order valence-electron chi connectivity index (χ0n) is 17.2. The number of nitrogens with zero attached hydrogens (tertiary/aromatic N) is 3. The Morgan fingerprint density at radius 1 is 1.07 bits per heavy atom. The van der Waals surface area contributed by atoms with Crippen LogP contribution in [0.2, 0.25) is 0 Å². The highest BCUT2D eigenvalue weighted by molar-refractivity contribution is 5.80. The first-order chi connectivity index (χ1) is 14.5. The van der Waals surface area contributed by atoms with Gasteiger partial charge in [0.15, 0.2) is 0 Å². The number of carbonyl (C=O) groups excluding carboxylic acids is 2. The van der Waals surface area contributed by atoms with Crippen LogP contribution in [0.5, 0.6) is 0 Å². The summed E-state index contributed by atoms with van der Waals surface area (Å²) < 4.78 is 6.15. The fraction of sp³-hybridized carbons (Fsp3) is 0.304. The predicted molar refractivity (Wildman–Crippen MR) is 114 cm³/mol. The number of aromatic nitrogens is 2. The van der Waals surface area contributed by atoms with Gasteiger partial charge in [0.2, 0.25) is 5.91 Å². The highest BCUT2D eigenvalue weighted by atomic mass is 16.5. The van der Waals surface area contributed by atoms with Gasteiger partial charge in [0.25, 0.3) is 5.56 Å². The number of carbonyl (C=O) groups is 2. The summed E-state index contributed by atoms with van der Waals surface area (Å²) in [7, 11) is 1.33. The minimum Gasteiger partial charge on any atom is -0.469 e. The smallest absolute Gasteiger partial charge is 0.307 e. The minimum atomic E-state index is -0.369. The summed E-state index contributed by atoms with van der Waals surface area (Å²) in [5.41, 5.74) is 2.41. The van der Waals surface area contributed by atoms with Crippen molar-refractivity contribution in [3.05, 3.63) is 76.3 Å². The van der Waals surface area contributed by atoms with Gasteiger partial charge in [0.1, 0.15) is 0 Å². The van der Waals surface area contributed by atoms with E-state index in [9.17, 15) is 14.4 Å². The predicted octanol–water partition coefficient (Wildman–Crippen LogP) is 2.69. The van der Waals surface area contributed by atoms with Crippen molar-refractivity contribution in [1.29, 1.82) is 0 Å². The molecule has 0 aliphatic rings. The van der Waals surface area contributed by atoms with Gasteiger partial charge in [-0.3, -0.25) is 19.0 Å². The first-order valence-electron chi connectivity index (χ1n) is 9.83. The molecule has 3 rings (SSSR count). The molecule has 0 radical (unpaired) electrons. The van der Waals surface area contributed by atoms with E-state index in [1.807, 2.05) is 49.4 Å². The Kier molecular flexibility index (Phi) is 6.95. The van der Waals surface area contributed by atoms with Gasteiger partial charge in [0.05, 0.1) is 30.8 Å². The lowest BCUT2D eigenvalue weighted by molar-refractivity contribution is -0.142. The number of rotatable bonds is 8. The van der Waals surface area contributed by atoms with Gasteiger partial charge in [-0.1, -0.05) is 42.5 Å². The second kappa shape index (κ2) is 9.82. The Labute approximate surface area is 174 Å². The monoisotopic (exact) mass is 407 g/mol. The minimum absolute atomic E-state index is 0.117. The van der Waals surface area contributed by atoms with E-state index < -0.39 is 0 Å². The molecule has 0 saturated carbocycles. The average Bonchev–Trinajstić information content (AvgIpc) is 2.77. The standard InChI is InChI=1S/C23H25N3O4/c1-17-7-6-10-19-22(17)24-16-26(23(19)29)13-11-20(27)25(14-12-21(28)30-2)15-18-8-4-3-5-9-18/h3-10,16H,11-15H2,1-2H3. The van der Waals surface area contributed by atoms with Crippen molar-refractivity contribution >= 4 is 22.8 Å². The summed E-state index contributed by atoms with van der Waals surface area (Å²) in [6, 6.07) is 15.0. The van der Waals surface area contributed by atoms with Crippen molar-refractivity contribution in [3.8, 4) is 0 Å². The normalized spacial score (nSPS) is 10.7. The quantitative estimate of drug-likeness (QED) is 0.536. The highest BCUT2D eigenvalue weighted by Gasteiger charge is 2.16. The van der Waals surface area contributed by atoms with E-state index in [1.54, 1.807) is 11.0 Å². The number of fused-ring (bicyclic) bond motifs is 1. The van der Waals surface area contributed by atoms with E-state index in [0.29, 0.717) is 17.4 Å². The molecule has 0 N–H and O–H groups in total. The van der Waals surface area contributed by atoms with E-state index in [-0.39, 0.29) is 43.4 Å². The number of para-hydroxylation sites is 1. The van der Waals surface area contributed by atoms with Crippen LogP contribution in [0, 0.1) is 6.92 Å². The molecular weight excluding hydrogens is 382 g/mol. The van der Waals surface area contributed by atoms with Gasteiger partial charge >= 0.3 is 5.97 Å². The molecule has 0 bridgehead atoms. The summed E-state index contributed by atoms with van der Waals surface area (Å²) in [5, 5.41) is 0.539. The summed E-state index contributed by atoms with van der Waals surface area (Å²) in [4.78, 5) is 43.2. The summed E-state index contributed by atoms with van der Waals surface area (Å²) in [6.07, 6.45) is 1.74. The third kappa shape index (κ3) is 5.11. The van der Waals surface area contributed by atoms with Crippen LogP contribution in [0.4, 0.5) is 0 Å². The second-order valence-corrected chi connectivity index (χ2v) is 7.09. The van der Waals surface area contributed by atoms with Gasteiger partial charge in [-0.05, 0) is 24.1 Å². The third-order valence-corrected chi connectivity index (χ3v) is 5.00. The highest BCUT2D eigenvalue weighted by Crippen LogP contribution is 2.12. The number of esters is 1. The molecule has 30 heavy (non-hydrogen) atoms. The van der Waals surface area contributed by atoms with Crippen molar-refractivity contribution in [2.45, 2.75) is 32.9 Å². The molecule has 0 fully saturated rings. The van der Waals surface area contributed by atoms with E-state index in [2.05, 4.69) is 4.98 Å². The lowest BCUT2D eigenvalue weighted by atomic mass is 10.1. The second-order valence-electron chi connectivity index (χ2n) is 7.09. The van der Waals surface area contributed by atoms with Crippen LogP contribution in [-0.2, 0) is 27.4 Å². The number of methoxy groups -OCH3 is 1. The third-order valence-electron chi connectivity index (χ3n) is 5.00. The van der Waals surface area contributed by atoms with Crippen molar-refractivity contribution in [1.82, 2.24) is 14.5 Å². The van der Waals surface area contributed by atoms with Gasteiger partial charge < -0.3 is 9.64 Å². The van der Waals surface area contributed by atoms with Crippen LogP contribution in [0.1, 0.15) is 24.0 Å². The molecule has 7 nitrogen and oxygen atoms in total. The van der Waals surface area contributed by atoms with Crippen LogP contribution in [-0.4, -0.2) is 40.0 Å². The Morgan fingerprint density at radius 2 is 1.83 bits per heavy atom. The lowest BCUT2D eigenvalue weighted by Crippen LogP contribution is -2.34. The Balaban J connectivity index is 1.73. The van der Waals surface area contributed by atoms with Crippen LogP contribution >= 0.6 is 0 Å². The zero-order chi connectivity index (χ0) is 21.5. The number of aryl methyl sites for hydroxylation is 2. The first kappa shape index (κ1) is 21.2. The molecule has 0 unspecified atom stereocenters. The number of amides is 1. The first-order valence-corrected chi connectivity index (χ1v) is 9.83. The zero-order valence-corrected chi connectivity index (χ0v) is 17.2. The molecule has 3 aromatic rings. The van der Waals surface area contributed by atoms with Crippen molar-refractivity contribution < 1.29 is 14.3 Å². The van der Waals surface area contributed by atoms with Crippen molar-refractivity contribution in [3.63, 3.8) is 0 Å². The van der Waals surface area contributed by atoms with Crippen molar-refractivity contribution in [2.24, 2.45) is 0 Å². The summed E-state index contributed by atoms with van der Waals surface area (Å²) in [6.45, 7) is 2.77. The maximum Gasteiger partial charge on any atom is 0.307 e. The molecule has 0 saturated heterocycles. The van der Waals surface area contributed by atoms with Gasteiger partial charge in [0, 0.05) is 26.1 Å². The fourth-order valence-electron chi connectivity index (χ4n) is 3.30. The summed E-state index contributed by atoms with van der Waals surface area (Å²) in [5.74, 6) is -0.509. The molecule has 0 atom stereocenters.